The maximum Gasteiger partial charge on any atom is 0.323 e. The average Bonchev–Trinajstić information content (AvgIpc) is 2.83. The molecule has 30 heavy (non-hydrogen) atoms. The summed E-state index contributed by atoms with van der Waals surface area (Å²) in [7, 11) is 0. The Hall–Kier alpha value is -1.84. The molecule has 0 spiro atoms. The van der Waals surface area contributed by atoms with Crippen molar-refractivity contribution in [3.8, 4) is 0 Å². The normalized spacial score (nSPS) is 16.7. The largest absolute Gasteiger partial charge is 0.480 e. The van der Waals surface area contributed by atoms with E-state index >= 15 is 0 Å². The molecule has 2 aromatic carbocycles. The number of carboxylic acid groups (broad SMARTS) is 2. The van der Waals surface area contributed by atoms with Gasteiger partial charge in [0.15, 0.2) is 0 Å². The SMILES string of the molecule is O=C(O)CN1C(=O)[C@@H](N[C@@H](CCc2ccccc2)C(=O)O)CSc2ccccc21.[Na]. The second-order valence-corrected chi connectivity index (χ2v) is 7.79. The Kier molecular flexibility index (Phi) is 9.38. The van der Waals surface area contributed by atoms with E-state index in [4.69, 9.17) is 0 Å². The number of hydrogen-bond acceptors (Lipinski definition) is 5. The molecule has 1 heterocycles. The van der Waals surface area contributed by atoms with E-state index in [1.54, 1.807) is 12.1 Å². The molecule has 0 saturated carbocycles. The van der Waals surface area contributed by atoms with E-state index < -0.39 is 36.5 Å². The number of carbonyl (C=O) groups is 3. The summed E-state index contributed by atoms with van der Waals surface area (Å²) in [5.74, 6) is -2.28. The molecule has 0 saturated heterocycles. The number of aryl methyl sites for hydroxylation is 1. The zero-order chi connectivity index (χ0) is 20.8. The van der Waals surface area contributed by atoms with Gasteiger partial charge in [-0.05, 0) is 30.5 Å². The molecule has 2 aromatic rings. The van der Waals surface area contributed by atoms with Crippen LogP contribution in [0.2, 0.25) is 0 Å². The third-order valence-corrected chi connectivity index (χ3v) is 5.84. The van der Waals surface area contributed by atoms with E-state index in [1.807, 2.05) is 42.5 Å². The van der Waals surface area contributed by atoms with Gasteiger partial charge in [-0.1, -0.05) is 42.5 Å². The van der Waals surface area contributed by atoms with E-state index in [1.165, 1.54) is 16.7 Å². The van der Waals surface area contributed by atoms with Gasteiger partial charge < -0.3 is 10.2 Å². The average molecular weight is 437 g/mol. The van der Waals surface area contributed by atoms with Crippen molar-refractivity contribution < 1.29 is 24.6 Å². The van der Waals surface area contributed by atoms with Crippen molar-refractivity contribution in [1.82, 2.24) is 5.32 Å². The first kappa shape index (κ1) is 24.4. The molecule has 1 radical (unpaired) electrons. The number of anilines is 1. The van der Waals surface area contributed by atoms with Crippen molar-refractivity contribution in [2.45, 2.75) is 29.8 Å². The van der Waals surface area contributed by atoms with Gasteiger partial charge in [0, 0.05) is 40.2 Å². The molecule has 3 N–H and O–H groups in total. The third kappa shape index (κ3) is 6.33. The summed E-state index contributed by atoms with van der Waals surface area (Å²) in [5, 5.41) is 21.8. The summed E-state index contributed by atoms with van der Waals surface area (Å²) in [6.45, 7) is -0.476. The predicted molar refractivity (Wildman–Crippen MR) is 116 cm³/mol. The van der Waals surface area contributed by atoms with Crippen molar-refractivity contribution >= 4 is 64.9 Å². The van der Waals surface area contributed by atoms with Gasteiger partial charge in [0.1, 0.15) is 12.6 Å². The minimum Gasteiger partial charge on any atom is -0.480 e. The van der Waals surface area contributed by atoms with Crippen molar-refractivity contribution in [3.05, 3.63) is 60.2 Å². The minimum atomic E-state index is -1.13. The Morgan fingerprint density at radius 3 is 2.43 bits per heavy atom. The Morgan fingerprint density at radius 2 is 1.77 bits per heavy atom. The number of nitrogens with one attached hydrogen (secondary N) is 1. The summed E-state index contributed by atoms with van der Waals surface area (Å²) in [5.41, 5.74) is 1.55. The molecule has 0 bridgehead atoms. The van der Waals surface area contributed by atoms with Crippen LogP contribution in [0.1, 0.15) is 12.0 Å². The molecule has 2 atom stereocenters. The molecule has 9 heteroatoms. The van der Waals surface area contributed by atoms with Crippen LogP contribution < -0.4 is 10.2 Å². The second-order valence-electron chi connectivity index (χ2n) is 6.73. The molecule has 1 aliphatic rings. The number of para-hydroxylation sites is 1. The van der Waals surface area contributed by atoms with Crippen molar-refractivity contribution in [1.29, 1.82) is 0 Å². The van der Waals surface area contributed by atoms with Gasteiger partial charge >= 0.3 is 11.9 Å². The van der Waals surface area contributed by atoms with E-state index in [-0.39, 0.29) is 29.6 Å². The van der Waals surface area contributed by atoms with Crippen LogP contribution >= 0.6 is 11.8 Å². The van der Waals surface area contributed by atoms with Gasteiger partial charge in [-0.15, -0.1) is 11.8 Å². The molecular formula is C21H22N2NaO5S. The summed E-state index contributed by atoms with van der Waals surface area (Å²) in [6.07, 6.45) is 0.873. The molecule has 1 aliphatic heterocycles. The fraction of sp³-hybridized carbons (Fsp3) is 0.286. The minimum absolute atomic E-state index is 0. The fourth-order valence-electron chi connectivity index (χ4n) is 3.25. The van der Waals surface area contributed by atoms with Crippen LogP contribution in [0.3, 0.4) is 0 Å². The molecule has 0 fully saturated rings. The Bertz CT molecular complexity index is 896. The molecule has 0 aromatic heterocycles. The maximum absolute atomic E-state index is 13.1. The number of aliphatic carboxylic acids is 2. The van der Waals surface area contributed by atoms with Gasteiger partial charge in [-0.3, -0.25) is 24.6 Å². The first-order valence-corrected chi connectivity index (χ1v) is 10.2. The summed E-state index contributed by atoms with van der Waals surface area (Å²) in [6, 6.07) is 14.9. The molecule has 0 unspecified atom stereocenters. The molecule has 153 valence electrons. The van der Waals surface area contributed by atoms with Crippen molar-refractivity contribution in [3.63, 3.8) is 0 Å². The molecule has 7 nitrogen and oxygen atoms in total. The molecule has 3 rings (SSSR count). The second kappa shape index (κ2) is 11.5. The van der Waals surface area contributed by atoms with E-state index in [0.717, 1.165) is 10.5 Å². The van der Waals surface area contributed by atoms with Crippen molar-refractivity contribution in [2.24, 2.45) is 0 Å². The van der Waals surface area contributed by atoms with Crippen LogP contribution in [0.4, 0.5) is 5.69 Å². The van der Waals surface area contributed by atoms with Crippen LogP contribution in [0.5, 0.6) is 0 Å². The smallest absolute Gasteiger partial charge is 0.323 e. The van der Waals surface area contributed by atoms with Gasteiger partial charge in [0.25, 0.3) is 0 Å². The zero-order valence-corrected chi connectivity index (χ0v) is 19.5. The maximum atomic E-state index is 13.1. The summed E-state index contributed by atoms with van der Waals surface area (Å²) < 4.78 is 0. The number of carboxylic acids is 2. The number of hydrogen-bond donors (Lipinski definition) is 3. The number of nitrogens with zero attached hydrogens (tertiary/aromatic N) is 1. The summed E-state index contributed by atoms with van der Waals surface area (Å²) in [4.78, 5) is 38.2. The standard InChI is InChI=1S/C21H22N2O5S.Na/c24-19(25)12-23-17-8-4-5-9-18(17)29-13-16(20(23)26)22-15(21(27)28)11-10-14-6-2-1-3-7-14;/h1-9,15-16,22H,10-13H2,(H,24,25)(H,27,28);/t15-,16-;/m0./s1. The Morgan fingerprint density at radius 1 is 1.10 bits per heavy atom. The molecule has 0 aliphatic carbocycles. The van der Waals surface area contributed by atoms with Crippen molar-refractivity contribution in [2.75, 3.05) is 17.2 Å². The van der Waals surface area contributed by atoms with Gasteiger partial charge in [0.05, 0.1) is 11.7 Å². The predicted octanol–water partition coefficient (Wildman–Crippen LogP) is 1.87. The van der Waals surface area contributed by atoms with Gasteiger partial charge in [0.2, 0.25) is 5.91 Å². The Balaban J connectivity index is 0.00000320. The monoisotopic (exact) mass is 437 g/mol. The topological polar surface area (TPSA) is 107 Å². The van der Waals surface area contributed by atoms with Crippen LogP contribution in [-0.4, -0.2) is 82.0 Å². The van der Waals surface area contributed by atoms with E-state index in [2.05, 4.69) is 5.32 Å². The van der Waals surface area contributed by atoms with Crippen LogP contribution in [0.15, 0.2) is 59.5 Å². The Labute approximate surface area is 201 Å². The zero-order valence-electron chi connectivity index (χ0n) is 16.7. The van der Waals surface area contributed by atoms with Crippen LogP contribution in [0, 0.1) is 0 Å². The van der Waals surface area contributed by atoms with E-state index in [0.29, 0.717) is 24.3 Å². The number of rotatable bonds is 8. The molecule has 1 amide bonds. The number of fused-ring (bicyclic) bond motifs is 1. The van der Waals surface area contributed by atoms with Crippen LogP contribution in [-0.2, 0) is 20.8 Å². The molecular weight excluding hydrogens is 415 g/mol. The quantitative estimate of drug-likeness (QED) is 0.541. The van der Waals surface area contributed by atoms with Gasteiger partial charge in [-0.25, -0.2) is 0 Å². The third-order valence-electron chi connectivity index (χ3n) is 4.68. The number of thioether (sulfide) groups is 1. The van der Waals surface area contributed by atoms with Crippen LogP contribution in [0.25, 0.3) is 0 Å². The number of carbonyl (C=O) groups excluding carboxylic acids is 1. The summed E-state index contributed by atoms with van der Waals surface area (Å²) >= 11 is 1.41. The fourth-order valence-corrected chi connectivity index (χ4v) is 4.33. The van der Waals surface area contributed by atoms with E-state index in [9.17, 15) is 24.6 Å². The first-order chi connectivity index (χ1) is 14.0. The van der Waals surface area contributed by atoms with Gasteiger partial charge in [-0.2, -0.15) is 0 Å². The first-order valence-electron chi connectivity index (χ1n) is 9.23. The number of benzene rings is 2. The number of amides is 1.